The smallest absolute Gasteiger partial charge is 0.291 e. The van der Waals surface area contributed by atoms with E-state index in [0.717, 1.165) is 12.0 Å². The Morgan fingerprint density at radius 3 is 2.11 bits per heavy atom. The predicted molar refractivity (Wildman–Crippen MR) is 113 cm³/mol. The maximum absolute atomic E-state index is 12.2. The van der Waals surface area contributed by atoms with E-state index < -0.39 is 0 Å². The molecule has 1 aromatic heterocycles. The van der Waals surface area contributed by atoms with Crippen LogP contribution in [0.2, 0.25) is 0 Å². The van der Waals surface area contributed by atoms with Crippen molar-refractivity contribution in [2.75, 3.05) is 10.6 Å². The number of carbonyl (C=O) groups is 2. The second-order valence-corrected chi connectivity index (χ2v) is 6.38. The highest BCUT2D eigenvalue weighted by Gasteiger charge is 2.10. The fraction of sp³-hybridized carbons (Fsp3) is 0.0952. The topological polar surface area (TPSA) is 83.4 Å². The van der Waals surface area contributed by atoms with Crippen LogP contribution in [0.1, 0.15) is 33.4 Å². The van der Waals surface area contributed by atoms with Gasteiger partial charge in [0.15, 0.2) is 10.9 Å². The highest BCUT2D eigenvalue weighted by molar-refractivity contribution is 7.80. The largest absolute Gasteiger partial charge is 0.459 e. The zero-order valence-corrected chi connectivity index (χ0v) is 16.0. The minimum Gasteiger partial charge on any atom is -0.459 e. The third-order valence-electron chi connectivity index (χ3n) is 4.00. The Kier molecular flexibility index (Phi) is 6.18. The molecule has 3 rings (SSSR count). The minimum atomic E-state index is -0.331. The molecule has 2 amide bonds. The van der Waals surface area contributed by atoms with Crippen molar-refractivity contribution < 1.29 is 14.0 Å². The standard InChI is InChI=1S/C21H19N3O3S/c1-2-14-5-7-15(8-6-14)19(25)24-21(28)23-17-11-9-16(10-12-17)22-20(26)18-4-3-13-27-18/h3-13H,2H2,1H3,(H,22,26)(H2,23,24,25,28). The molecule has 0 fully saturated rings. The lowest BCUT2D eigenvalue weighted by atomic mass is 10.1. The van der Waals surface area contributed by atoms with Crippen LogP contribution in [-0.2, 0) is 6.42 Å². The molecule has 6 nitrogen and oxygen atoms in total. The Labute approximate surface area is 167 Å². The molecular formula is C21H19N3O3S. The van der Waals surface area contributed by atoms with Gasteiger partial charge in [0.2, 0.25) is 0 Å². The number of furan rings is 1. The molecule has 0 bridgehead atoms. The Balaban J connectivity index is 1.53. The van der Waals surface area contributed by atoms with E-state index in [0.29, 0.717) is 16.9 Å². The van der Waals surface area contributed by atoms with Crippen LogP contribution in [0.4, 0.5) is 11.4 Å². The summed E-state index contributed by atoms with van der Waals surface area (Å²) in [6.07, 6.45) is 2.36. The fourth-order valence-corrected chi connectivity index (χ4v) is 2.68. The van der Waals surface area contributed by atoms with E-state index >= 15 is 0 Å². The predicted octanol–water partition coefficient (Wildman–Crippen LogP) is 4.22. The van der Waals surface area contributed by atoms with E-state index in [1.807, 2.05) is 12.1 Å². The van der Waals surface area contributed by atoms with Crippen molar-refractivity contribution in [3.63, 3.8) is 0 Å². The lowest BCUT2D eigenvalue weighted by Crippen LogP contribution is -2.34. The number of amides is 2. The van der Waals surface area contributed by atoms with Gasteiger partial charge in [0.05, 0.1) is 6.26 Å². The molecule has 0 spiro atoms. The maximum atomic E-state index is 12.2. The number of nitrogens with one attached hydrogen (secondary N) is 3. The third-order valence-corrected chi connectivity index (χ3v) is 4.20. The monoisotopic (exact) mass is 393 g/mol. The van der Waals surface area contributed by atoms with Crippen molar-refractivity contribution in [3.05, 3.63) is 83.8 Å². The van der Waals surface area contributed by atoms with Gasteiger partial charge in [-0.2, -0.15) is 0 Å². The molecule has 142 valence electrons. The van der Waals surface area contributed by atoms with Crippen LogP contribution in [0.25, 0.3) is 0 Å². The summed E-state index contributed by atoms with van der Waals surface area (Å²) in [4.78, 5) is 24.2. The van der Waals surface area contributed by atoms with Crippen molar-refractivity contribution >= 4 is 40.5 Å². The molecule has 0 aliphatic carbocycles. The molecule has 1 heterocycles. The summed E-state index contributed by atoms with van der Waals surface area (Å²) in [5.74, 6) is -0.372. The first-order valence-electron chi connectivity index (χ1n) is 8.71. The van der Waals surface area contributed by atoms with Gasteiger partial charge in [-0.1, -0.05) is 19.1 Å². The average molecular weight is 393 g/mol. The molecule has 7 heteroatoms. The third kappa shape index (κ3) is 5.05. The van der Waals surface area contributed by atoms with Crippen LogP contribution >= 0.6 is 12.2 Å². The van der Waals surface area contributed by atoms with Gasteiger partial charge in [0.25, 0.3) is 11.8 Å². The molecule has 28 heavy (non-hydrogen) atoms. The number of hydrogen-bond donors (Lipinski definition) is 3. The van der Waals surface area contributed by atoms with Crippen LogP contribution in [0.15, 0.2) is 71.3 Å². The molecule has 0 aliphatic heterocycles. The molecule has 0 saturated heterocycles. The second kappa shape index (κ2) is 8.96. The summed E-state index contributed by atoms with van der Waals surface area (Å²) in [5, 5.41) is 8.50. The highest BCUT2D eigenvalue weighted by atomic mass is 32.1. The Hall–Kier alpha value is -3.45. The van der Waals surface area contributed by atoms with Gasteiger partial charge in [0, 0.05) is 16.9 Å². The van der Waals surface area contributed by atoms with Gasteiger partial charge in [-0.25, -0.2) is 0 Å². The molecule has 0 aliphatic rings. The Morgan fingerprint density at radius 2 is 1.54 bits per heavy atom. The SMILES string of the molecule is CCc1ccc(C(=O)NC(=S)Nc2ccc(NC(=O)c3ccco3)cc2)cc1. The number of anilines is 2. The first kappa shape index (κ1) is 19.3. The molecular weight excluding hydrogens is 374 g/mol. The van der Waals surface area contributed by atoms with E-state index in [9.17, 15) is 9.59 Å². The van der Waals surface area contributed by atoms with Gasteiger partial charge in [-0.3, -0.25) is 14.9 Å². The summed E-state index contributed by atoms with van der Waals surface area (Å²) < 4.78 is 5.05. The molecule has 0 unspecified atom stereocenters. The van der Waals surface area contributed by atoms with Crippen molar-refractivity contribution in [1.82, 2.24) is 5.32 Å². The Morgan fingerprint density at radius 1 is 0.893 bits per heavy atom. The van der Waals surface area contributed by atoms with Crippen LogP contribution in [-0.4, -0.2) is 16.9 Å². The summed E-state index contributed by atoms with van der Waals surface area (Å²) in [7, 11) is 0. The maximum Gasteiger partial charge on any atom is 0.291 e. The van der Waals surface area contributed by atoms with E-state index in [2.05, 4.69) is 22.9 Å². The average Bonchev–Trinajstić information content (AvgIpc) is 3.24. The summed E-state index contributed by atoms with van der Waals surface area (Å²) in [6, 6.07) is 17.5. The quantitative estimate of drug-likeness (QED) is 0.565. The highest BCUT2D eigenvalue weighted by Crippen LogP contribution is 2.15. The van der Waals surface area contributed by atoms with Crippen molar-refractivity contribution in [2.45, 2.75) is 13.3 Å². The number of hydrogen-bond acceptors (Lipinski definition) is 4. The van der Waals surface area contributed by atoms with Gasteiger partial charge in [0.1, 0.15) is 0 Å². The molecule has 0 atom stereocenters. The first-order chi connectivity index (χ1) is 13.5. The van der Waals surface area contributed by atoms with Gasteiger partial charge >= 0.3 is 0 Å². The molecule has 0 radical (unpaired) electrons. The van der Waals surface area contributed by atoms with E-state index in [-0.39, 0.29) is 22.7 Å². The zero-order chi connectivity index (χ0) is 19.9. The van der Waals surface area contributed by atoms with Gasteiger partial charge in [-0.15, -0.1) is 0 Å². The van der Waals surface area contributed by atoms with Crippen LogP contribution in [0.5, 0.6) is 0 Å². The molecule has 3 aromatic rings. The van der Waals surface area contributed by atoms with Gasteiger partial charge < -0.3 is 15.1 Å². The molecule has 0 saturated carbocycles. The van der Waals surface area contributed by atoms with E-state index in [1.54, 1.807) is 48.5 Å². The number of rotatable bonds is 5. The van der Waals surface area contributed by atoms with E-state index in [4.69, 9.17) is 16.6 Å². The van der Waals surface area contributed by atoms with Crippen LogP contribution in [0.3, 0.4) is 0 Å². The molecule has 3 N–H and O–H groups in total. The van der Waals surface area contributed by atoms with Crippen LogP contribution < -0.4 is 16.0 Å². The summed E-state index contributed by atoms with van der Waals surface area (Å²) >= 11 is 5.19. The minimum absolute atomic E-state index is 0.192. The normalized spacial score (nSPS) is 10.2. The molecule has 2 aromatic carbocycles. The first-order valence-corrected chi connectivity index (χ1v) is 9.12. The number of thiocarbonyl (C=S) groups is 1. The zero-order valence-electron chi connectivity index (χ0n) is 15.2. The second-order valence-electron chi connectivity index (χ2n) is 5.97. The summed E-state index contributed by atoms with van der Waals surface area (Å²) in [5.41, 5.74) is 2.99. The fourth-order valence-electron chi connectivity index (χ4n) is 2.47. The number of carbonyl (C=O) groups excluding carboxylic acids is 2. The van der Waals surface area contributed by atoms with Crippen molar-refractivity contribution in [3.8, 4) is 0 Å². The van der Waals surface area contributed by atoms with Crippen molar-refractivity contribution in [2.24, 2.45) is 0 Å². The lowest BCUT2D eigenvalue weighted by Gasteiger charge is -2.11. The van der Waals surface area contributed by atoms with Crippen molar-refractivity contribution in [1.29, 1.82) is 0 Å². The van der Waals surface area contributed by atoms with Crippen LogP contribution in [0, 0.1) is 0 Å². The van der Waals surface area contributed by atoms with Gasteiger partial charge in [-0.05, 0) is 72.7 Å². The lowest BCUT2D eigenvalue weighted by molar-refractivity contribution is 0.0975. The number of aryl methyl sites for hydroxylation is 1. The van der Waals surface area contributed by atoms with E-state index in [1.165, 1.54) is 6.26 Å². The Bertz CT molecular complexity index is 965. The number of benzene rings is 2. The summed E-state index contributed by atoms with van der Waals surface area (Å²) in [6.45, 7) is 2.06.